The molecule has 1 nitrogen and oxygen atoms in total. The lowest BCUT2D eigenvalue weighted by Gasteiger charge is -2.26. The average Bonchev–Trinajstić information content (AvgIpc) is 3.38. The Kier molecular flexibility index (Phi) is 14.6. The minimum atomic E-state index is 1.08. The van der Waals surface area contributed by atoms with Crippen LogP contribution in [0.3, 0.4) is 0 Å². The molecule has 0 aliphatic heterocycles. The van der Waals surface area contributed by atoms with Crippen LogP contribution in [0.1, 0.15) is 117 Å². The second-order valence-electron chi connectivity index (χ2n) is 20.7. The molecule has 73 heavy (non-hydrogen) atoms. The van der Waals surface area contributed by atoms with Crippen LogP contribution < -0.4 is 4.90 Å². The third-order valence-electron chi connectivity index (χ3n) is 14.5. The predicted octanol–water partition coefficient (Wildman–Crippen LogP) is 19.6. The van der Waals surface area contributed by atoms with Gasteiger partial charge in [0.25, 0.3) is 0 Å². The fraction of sp³-hybridized carbons (Fsp3) is 0.167. The van der Waals surface area contributed by atoms with Crippen molar-refractivity contribution < 1.29 is 0 Å². The molecule has 0 heterocycles. The van der Waals surface area contributed by atoms with Crippen LogP contribution in [-0.4, -0.2) is 0 Å². The summed E-state index contributed by atoms with van der Waals surface area (Å²) in [7, 11) is 0. The van der Waals surface area contributed by atoms with Crippen molar-refractivity contribution in [2.24, 2.45) is 0 Å². The van der Waals surface area contributed by atoms with Gasteiger partial charge in [-0.25, -0.2) is 0 Å². The number of hydrogen-bond donors (Lipinski definition) is 0. The van der Waals surface area contributed by atoms with Crippen molar-refractivity contribution in [2.45, 2.75) is 83.1 Å². The molecule has 9 aromatic rings. The van der Waals surface area contributed by atoms with Gasteiger partial charge in [0.05, 0.1) is 0 Å². The van der Waals surface area contributed by atoms with E-state index in [9.17, 15) is 0 Å². The SMILES string of the molecule is Cc1ccc(C)c(C(=Cc2ccc(N(c3ccc(C=C(c4cc(C)ccc4C)c4cc(C)ccc4C)cc3)c3ccc(C=C(c4cc(C)ccc4C)c4cc(C)ccc4C)cc3)cc2)c2cc(C)ccc2C)c1. The van der Waals surface area contributed by atoms with Crippen molar-refractivity contribution in [3.63, 3.8) is 0 Å². The highest BCUT2D eigenvalue weighted by Crippen LogP contribution is 2.39. The zero-order valence-electron chi connectivity index (χ0n) is 45.0. The molecular weight excluding hydrogens is 879 g/mol. The summed E-state index contributed by atoms with van der Waals surface area (Å²) < 4.78 is 0. The normalized spacial score (nSPS) is 11.0. The number of anilines is 3. The van der Waals surface area contributed by atoms with Crippen molar-refractivity contribution in [1.82, 2.24) is 0 Å². The molecule has 0 aliphatic rings. The fourth-order valence-electron chi connectivity index (χ4n) is 10.2. The van der Waals surface area contributed by atoms with Crippen molar-refractivity contribution in [3.8, 4) is 0 Å². The Balaban J connectivity index is 1.17. The standard InChI is InChI=1S/C72H69N/c1-46-13-19-52(7)64(37-46)70(65-38-47(2)14-20-53(65)8)43-58-25-31-61(32-26-58)73(62-33-27-59(28-34-62)44-71(66-39-48(3)15-21-54(66)9)67-40-49(4)16-22-55(67)10)63-35-29-60(30-36-63)45-72(68-41-50(5)17-23-56(68)11)69-42-51(6)18-24-57(69)12/h13-45H,1-12H3. The third kappa shape index (κ3) is 11.2. The van der Waals surface area contributed by atoms with E-state index in [4.69, 9.17) is 0 Å². The van der Waals surface area contributed by atoms with Gasteiger partial charge in [0.1, 0.15) is 0 Å². The zero-order valence-corrected chi connectivity index (χ0v) is 45.0. The van der Waals surface area contributed by atoms with E-state index in [-0.39, 0.29) is 0 Å². The molecule has 0 unspecified atom stereocenters. The van der Waals surface area contributed by atoms with Gasteiger partial charge in [-0.15, -0.1) is 0 Å². The molecule has 0 fully saturated rings. The van der Waals surface area contributed by atoms with Crippen LogP contribution in [0.25, 0.3) is 34.9 Å². The molecule has 0 saturated carbocycles. The van der Waals surface area contributed by atoms with Crippen LogP contribution in [0.4, 0.5) is 17.1 Å². The Labute approximate surface area is 436 Å². The largest absolute Gasteiger partial charge is 0.311 e. The van der Waals surface area contributed by atoms with Crippen molar-refractivity contribution in [2.75, 3.05) is 4.90 Å². The third-order valence-corrected chi connectivity index (χ3v) is 14.5. The molecule has 0 saturated heterocycles. The highest BCUT2D eigenvalue weighted by atomic mass is 15.1. The van der Waals surface area contributed by atoms with E-state index in [2.05, 4.69) is 288 Å². The summed E-state index contributed by atoms with van der Waals surface area (Å²) in [6.07, 6.45) is 7.10. The van der Waals surface area contributed by atoms with Gasteiger partial charge in [-0.2, -0.15) is 0 Å². The maximum absolute atomic E-state index is 2.39. The lowest BCUT2D eigenvalue weighted by molar-refractivity contribution is 1.28. The maximum Gasteiger partial charge on any atom is 0.0462 e. The quantitative estimate of drug-likeness (QED) is 0.110. The predicted molar refractivity (Wildman–Crippen MR) is 318 cm³/mol. The van der Waals surface area contributed by atoms with Gasteiger partial charge in [-0.05, 0) is 238 Å². The Hall–Kier alpha value is -8.00. The molecule has 0 N–H and O–H groups in total. The summed E-state index contributed by atoms with van der Waals surface area (Å²) in [4.78, 5) is 2.39. The number of benzene rings is 9. The second-order valence-corrected chi connectivity index (χ2v) is 20.7. The molecule has 362 valence electrons. The highest BCUT2D eigenvalue weighted by Gasteiger charge is 2.18. The lowest BCUT2D eigenvalue weighted by atomic mass is 9.88. The topological polar surface area (TPSA) is 3.24 Å². The van der Waals surface area contributed by atoms with Crippen molar-refractivity contribution in [1.29, 1.82) is 0 Å². The van der Waals surface area contributed by atoms with Crippen LogP contribution in [0.5, 0.6) is 0 Å². The van der Waals surface area contributed by atoms with Gasteiger partial charge in [0.2, 0.25) is 0 Å². The molecule has 9 aromatic carbocycles. The minimum Gasteiger partial charge on any atom is -0.311 e. The summed E-state index contributed by atoms with van der Waals surface area (Å²) in [5, 5.41) is 0. The number of rotatable bonds is 12. The Morgan fingerprint density at radius 1 is 0.233 bits per heavy atom. The smallest absolute Gasteiger partial charge is 0.0462 e. The van der Waals surface area contributed by atoms with Crippen LogP contribution in [0.2, 0.25) is 0 Å². The van der Waals surface area contributed by atoms with Gasteiger partial charge in [-0.3, -0.25) is 0 Å². The van der Waals surface area contributed by atoms with Gasteiger partial charge >= 0.3 is 0 Å². The highest BCUT2D eigenvalue weighted by molar-refractivity contribution is 5.96. The van der Waals surface area contributed by atoms with E-state index in [1.54, 1.807) is 0 Å². The molecule has 9 rings (SSSR count). The molecule has 0 bridgehead atoms. The van der Waals surface area contributed by atoms with E-state index in [0.717, 1.165) is 33.8 Å². The fourth-order valence-corrected chi connectivity index (χ4v) is 10.2. The van der Waals surface area contributed by atoms with Gasteiger partial charge in [-0.1, -0.05) is 179 Å². The summed E-state index contributed by atoms with van der Waals surface area (Å²) in [5.41, 5.74) is 33.1. The van der Waals surface area contributed by atoms with Crippen LogP contribution >= 0.6 is 0 Å². The van der Waals surface area contributed by atoms with Crippen LogP contribution in [0, 0.1) is 83.1 Å². The van der Waals surface area contributed by atoms with Gasteiger partial charge in [0, 0.05) is 17.1 Å². The molecule has 0 atom stereocenters. The first-order valence-corrected chi connectivity index (χ1v) is 25.8. The average molecular weight is 948 g/mol. The minimum absolute atomic E-state index is 1.08. The summed E-state index contributed by atoms with van der Waals surface area (Å²) in [5.74, 6) is 0. The van der Waals surface area contributed by atoms with Crippen LogP contribution in [-0.2, 0) is 0 Å². The van der Waals surface area contributed by atoms with Gasteiger partial charge in [0.15, 0.2) is 0 Å². The molecule has 0 aromatic heterocycles. The van der Waals surface area contributed by atoms with E-state index < -0.39 is 0 Å². The summed E-state index contributed by atoms with van der Waals surface area (Å²) in [6, 6.07) is 68.0. The Morgan fingerprint density at radius 3 is 0.589 bits per heavy atom. The summed E-state index contributed by atoms with van der Waals surface area (Å²) in [6.45, 7) is 26.4. The van der Waals surface area contributed by atoms with Crippen LogP contribution in [0.15, 0.2) is 182 Å². The molecule has 1 heteroatoms. The molecule has 0 aliphatic carbocycles. The first-order valence-electron chi connectivity index (χ1n) is 25.8. The maximum atomic E-state index is 2.39. The first-order chi connectivity index (χ1) is 35.1. The molecular formula is C72H69N. The number of aryl methyl sites for hydroxylation is 12. The van der Waals surface area contributed by atoms with E-state index in [0.29, 0.717) is 0 Å². The number of hydrogen-bond acceptors (Lipinski definition) is 1. The molecule has 0 amide bonds. The zero-order chi connectivity index (χ0) is 51.5. The monoisotopic (exact) mass is 948 g/mol. The number of nitrogens with zero attached hydrogens (tertiary/aromatic N) is 1. The van der Waals surface area contributed by atoms with Gasteiger partial charge < -0.3 is 4.90 Å². The first kappa shape index (κ1) is 50.0. The second kappa shape index (κ2) is 21.4. The van der Waals surface area contributed by atoms with E-state index in [1.807, 2.05) is 0 Å². The summed E-state index contributed by atoms with van der Waals surface area (Å²) >= 11 is 0. The lowest BCUT2D eigenvalue weighted by Crippen LogP contribution is -2.10. The Bertz CT molecular complexity index is 3050. The molecule has 0 spiro atoms. The van der Waals surface area contributed by atoms with Crippen molar-refractivity contribution in [3.05, 3.63) is 299 Å². The van der Waals surface area contributed by atoms with E-state index in [1.165, 1.54) is 117 Å². The van der Waals surface area contributed by atoms with E-state index >= 15 is 0 Å². The Morgan fingerprint density at radius 2 is 0.411 bits per heavy atom. The van der Waals surface area contributed by atoms with Crippen molar-refractivity contribution >= 4 is 52.0 Å². The molecule has 0 radical (unpaired) electrons.